The number of hydrogen-bond donors (Lipinski definition) is 3. The summed E-state index contributed by atoms with van der Waals surface area (Å²) in [7, 11) is 0. The van der Waals surface area contributed by atoms with Gasteiger partial charge in [0.05, 0.1) is 11.4 Å². The van der Waals surface area contributed by atoms with Gasteiger partial charge in [-0.15, -0.1) is 0 Å². The zero-order valence-electron chi connectivity index (χ0n) is 9.07. The average molecular weight is 214 g/mol. The molecule has 0 amide bonds. The molecule has 0 aliphatic carbocycles. The Morgan fingerprint density at radius 3 is 2.44 bits per heavy atom. The number of rotatable bonds is 2. The van der Waals surface area contributed by atoms with Crippen LogP contribution in [0.1, 0.15) is 5.56 Å². The predicted octanol–water partition coefficient (Wildman–Crippen LogP) is 3.03. The molecule has 0 aliphatic heterocycles. The third kappa shape index (κ3) is 2.25. The van der Waals surface area contributed by atoms with Crippen molar-refractivity contribution in [1.82, 2.24) is 0 Å². The standard InChI is InChI=1S/C13H14N2O/c1-9-2-7-12(14)13(8-9)15-10-3-5-11(16)6-4-10/h2-8,15-16H,14H2,1H3. The third-order valence-corrected chi connectivity index (χ3v) is 2.36. The molecule has 0 aliphatic rings. The van der Waals surface area contributed by atoms with E-state index in [4.69, 9.17) is 10.8 Å². The number of nitrogens with two attached hydrogens (primary N) is 1. The van der Waals surface area contributed by atoms with E-state index < -0.39 is 0 Å². The molecule has 0 saturated heterocycles. The average Bonchev–Trinajstić information content (AvgIpc) is 2.27. The fourth-order valence-electron chi connectivity index (χ4n) is 1.48. The van der Waals surface area contributed by atoms with Crippen LogP contribution in [0.2, 0.25) is 0 Å². The Balaban J connectivity index is 2.26. The van der Waals surface area contributed by atoms with Crippen molar-refractivity contribution in [2.45, 2.75) is 6.92 Å². The van der Waals surface area contributed by atoms with E-state index in [-0.39, 0.29) is 5.75 Å². The zero-order valence-corrected chi connectivity index (χ0v) is 9.07. The van der Waals surface area contributed by atoms with Crippen molar-refractivity contribution < 1.29 is 5.11 Å². The zero-order chi connectivity index (χ0) is 11.5. The topological polar surface area (TPSA) is 58.3 Å². The lowest BCUT2D eigenvalue weighted by Gasteiger charge is -2.10. The molecule has 0 saturated carbocycles. The number of aromatic hydroxyl groups is 1. The molecule has 0 bridgehead atoms. The molecule has 3 heteroatoms. The van der Waals surface area contributed by atoms with E-state index in [0.717, 1.165) is 16.9 Å². The maximum atomic E-state index is 9.17. The summed E-state index contributed by atoms with van der Waals surface area (Å²) in [5.74, 6) is 0.253. The van der Waals surface area contributed by atoms with Crippen molar-refractivity contribution in [2.75, 3.05) is 11.1 Å². The van der Waals surface area contributed by atoms with Crippen molar-refractivity contribution in [3.05, 3.63) is 48.0 Å². The summed E-state index contributed by atoms with van der Waals surface area (Å²) in [5.41, 5.74) is 9.49. The first-order chi connectivity index (χ1) is 7.65. The lowest BCUT2D eigenvalue weighted by molar-refractivity contribution is 0.475. The Hall–Kier alpha value is -2.16. The highest BCUT2D eigenvalue weighted by Crippen LogP contribution is 2.25. The fourth-order valence-corrected chi connectivity index (χ4v) is 1.48. The van der Waals surface area contributed by atoms with E-state index in [1.807, 2.05) is 25.1 Å². The molecule has 0 radical (unpaired) electrons. The van der Waals surface area contributed by atoms with Crippen molar-refractivity contribution >= 4 is 17.1 Å². The summed E-state index contributed by atoms with van der Waals surface area (Å²) >= 11 is 0. The molecule has 0 unspecified atom stereocenters. The summed E-state index contributed by atoms with van der Waals surface area (Å²) in [6, 6.07) is 12.7. The van der Waals surface area contributed by atoms with Crippen LogP contribution in [-0.2, 0) is 0 Å². The molecular weight excluding hydrogens is 200 g/mol. The number of phenols is 1. The fraction of sp³-hybridized carbons (Fsp3) is 0.0769. The smallest absolute Gasteiger partial charge is 0.115 e. The van der Waals surface area contributed by atoms with Gasteiger partial charge in [0, 0.05) is 5.69 Å². The number of phenolic OH excluding ortho intramolecular Hbond substituents is 1. The Morgan fingerprint density at radius 2 is 1.75 bits per heavy atom. The number of nitrogens with one attached hydrogen (secondary N) is 1. The first-order valence-corrected chi connectivity index (χ1v) is 5.07. The van der Waals surface area contributed by atoms with Gasteiger partial charge in [-0.3, -0.25) is 0 Å². The Labute approximate surface area is 94.5 Å². The predicted molar refractivity (Wildman–Crippen MR) is 67.0 cm³/mol. The second-order valence-corrected chi connectivity index (χ2v) is 3.76. The minimum absolute atomic E-state index is 0.253. The lowest BCUT2D eigenvalue weighted by Crippen LogP contribution is -1.96. The molecule has 0 atom stereocenters. The quantitative estimate of drug-likeness (QED) is 0.532. The molecule has 2 aromatic rings. The molecule has 16 heavy (non-hydrogen) atoms. The maximum Gasteiger partial charge on any atom is 0.115 e. The van der Waals surface area contributed by atoms with Crippen LogP contribution < -0.4 is 11.1 Å². The summed E-state index contributed by atoms with van der Waals surface area (Å²) in [6.45, 7) is 2.02. The van der Waals surface area contributed by atoms with Gasteiger partial charge in [-0.25, -0.2) is 0 Å². The van der Waals surface area contributed by atoms with Crippen molar-refractivity contribution in [3.8, 4) is 5.75 Å². The number of aryl methyl sites for hydroxylation is 1. The van der Waals surface area contributed by atoms with Crippen LogP contribution in [-0.4, -0.2) is 5.11 Å². The second-order valence-electron chi connectivity index (χ2n) is 3.76. The van der Waals surface area contributed by atoms with Crippen LogP contribution in [0, 0.1) is 6.92 Å². The molecular formula is C13H14N2O. The van der Waals surface area contributed by atoms with Crippen LogP contribution >= 0.6 is 0 Å². The normalized spacial score (nSPS) is 10.1. The van der Waals surface area contributed by atoms with E-state index >= 15 is 0 Å². The number of hydrogen-bond acceptors (Lipinski definition) is 3. The number of nitrogen functional groups attached to an aromatic ring is 1. The minimum Gasteiger partial charge on any atom is -0.508 e. The summed E-state index contributed by atoms with van der Waals surface area (Å²) in [4.78, 5) is 0. The van der Waals surface area contributed by atoms with Gasteiger partial charge >= 0.3 is 0 Å². The largest absolute Gasteiger partial charge is 0.508 e. The van der Waals surface area contributed by atoms with Gasteiger partial charge in [-0.2, -0.15) is 0 Å². The van der Waals surface area contributed by atoms with E-state index in [0.29, 0.717) is 5.69 Å². The Morgan fingerprint density at radius 1 is 1.06 bits per heavy atom. The van der Waals surface area contributed by atoms with Crippen molar-refractivity contribution in [1.29, 1.82) is 0 Å². The molecule has 3 nitrogen and oxygen atoms in total. The van der Waals surface area contributed by atoms with Crippen LogP contribution in [0.15, 0.2) is 42.5 Å². The number of benzene rings is 2. The highest BCUT2D eigenvalue weighted by atomic mass is 16.3. The molecule has 2 aromatic carbocycles. The highest BCUT2D eigenvalue weighted by Gasteiger charge is 1.99. The maximum absolute atomic E-state index is 9.17. The molecule has 2 rings (SSSR count). The molecule has 82 valence electrons. The first-order valence-electron chi connectivity index (χ1n) is 5.07. The summed E-state index contributed by atoms with van der Waals surface area (Å²) in [6.07, 6.45) is 0. The van der Waals surface area contributed by atoms with E-state index in [1.165, 1.54) is 0 Å². The Bertz CT molecular complexity index is 492. The minimum atomic E-state index is 0.253. The SMILES string of the molecule is Cc1ccc(N)c(Nc2ccc(O)cc2)c1. The lowest BCUT2D eigenvalue weighted by atomic mass is 10.2. The van der Waals surface area contributed by atoms with Crippen LogP contribution in [0.3, 0.4) is 0 Å². The van der Waals surface area contributed by atoms with Gasteiger partial charge in [-0.05, 0) is 48.9 Å². The van der Waals surface area contributed by atoms with Gasteiger partial charge in [0.2, 0.25) is 0 Å². The molecule has 0 aromatic heterocycles. The van der Waals surface area contributed by atoms with E-state index in [9.17, 15) is 0 Å². The van der Waals surface area contributed by atoms with Crippen LogP contribution in [0.4, 0.5) is 17.1 Å². The molecule has 0 fully saturated rings. The molecule has 0 spiro atoms. The van der Waals surface area contributed by atoms with Crippen LogP contribution in [0.5, 0.6) is 5.75 Å². The van der Waals surface area contributed by atoms with E-state index in [1.54, 1.807) is 24.3 Å². The van der Waals surface area contributed by atoms with Gasteiger partial charge in [-0.1, -0.05) is 6.07 Å². The molecule has 4 N–H and O–H groups in total. The monoisotopic (exact) mass is 214 g/mol. The third-order valence-electron chi connectivity index (χ3n) is 2.36. The summed E-state index contributed by atoms with van der Waals surface area (Å²) in [5, 5.41) is 12.4. The second kappa shape index (κ2) is 4.14. The van der Waals surface area contributed by atoms with Gasteiger partial charge in [0.15, 0.2) is 0 Å². The first kappa shape index (κ1) is 10.4. The highest BCUT2D eigenvalue weighted by molar-refractivity contribution is 5.73. The van der Waals surface area contributed by atoms with Crippen molar-refractivity contribution in [3.63, 3.8) is 0 Å². The van der Waals surface area contributed by atoms with Crippen molar-refractivity contribution in [2.24, 2.45) is 0 Å². The van der Waals surface area contributed by atoms with Gasteiger partial charge in [0.1, 0.15) is 5.75 Å². The molecule has 0 heterocycles. The van der Waals surface area contributed by atoms with Crippen LogP contribution in [0.25, 0.3) is 0 Å². The van der Waals surface area contributed by atoms with Gasteiger partial charge < -0.3 is 16.2 Å². The van der Waals surface area contributed by atoms with E-state index in [2.05, 4.69) is 5.32 Å². The number of anilines is 3. The summed E-state index contributed by atoms with van der Waals surface area (Å²) < 4.78 is 0. The Kier molecular flexibility index (Phi) is 2.68. The van der Waals surface area contributed by atoms with Gasteiger partial charge in [0.25, 0.3) is 0 Å².